The number of pyridine rings is 1. The number of aromatic amines is 1. The van der Waals surface area contributed by atoms with E-state index in [9.17, 15) is 0 Å². The van der Waals surface area contributed by atoms with Crippen LogP contribution in [-0.2, 0) is 0 Å². The van der Waals surface area contributed by atoms with Crippen molar-refractivity contribution in [3.63, 3.8) is 0 Å². The molecule has 1 N–H and O–H groups in total. The highest BCUT2D eigenvalue weighted by Gasteiger charge is 2.08. The minimum absolute atomic E-state index is 0.823. The van der Waals surface area contributed by atoms with Crippen LogP contribution in [0.4, 0.5) is 0 Å². The van der Waals surface area contributed by atoms with Crippen molar-refractivity contribution in [2.45, 2.75) is 0 Å². The van der Waals surface area contributed by atoms with Gasteiger partial charge in [0.05, 0.1) is 12.6 Å². The molecule has 17 heavy (non-hydrogen) atoms. The normalized spacial score (nSPS) is 10.6. The molecular weight excluding hydrogens is 214 g/mol. The molecule has 0 bridgehead atoms. The number of ether oxygens (including phenoxy) is 1. The van der Waals surface area contributed by atoms with E-state index in [1.54, 1.807) is 19.5 Å². The average Bonchev–Trinajstić information content (AvgIpc) is 2.82. The minimum atomic E-state index is 0.823. The van der Waals surface area contributed by atoms with E-state index in [0.29, 0.717) is 0 Å². The Hall–Kier alpha value is -2.36. The van der Waals surface area contributed by atoms with Gasteiger partial charge in [0.1, 0.15) is 11.4 Å². The highest BCUT2D eigenvalue weighted by Crippen LogP contribution is 2.28. The average molecular weight is 225 g/mol. The zero-order chi connectivity index (χ0) is 11.7. The largest absolute Gasteiger partial charge is 0.497 e. The monoisotopic (exact) mass is 225 g/mol. The summed E-state index contributed by atoms with van der Waals surface area (Å²) in [5, 5.41) is 8.36. The summed E-state index contributed by atoms with van der Waals surface area (Å²) in [5.74, 6) is 0.823. The Labute approximate surface area is 98.3 Å². The van der Waals surface area contributed by atoms with Gasteiger partial charge in [-0.25, -0.2) is 0 Å². The van der Waals surface area contributed by atoms with Crippen LogP contribution < -0.4 is 4.74 Å². The predicted molar refractivity (Wildman–Crippen MR) is 65.9 cm³/mol. The van der Waals surface area contributed by atoms with Gasteiger partial charge in [0.25, 0.3) is 0 Å². The highest BCUT2D eigenvalue weighted by atomic mass is 16.5. The first kappa shape index (κ1) is 9.84. The Balaban J connectivity index is 2.23. The van der Waals surface area contributed by atoms with E-state index in [0.717, 1.165) is 27.9 Å². The molecule has 0 spiro atoms. The van der Waals surface area contributed by atoms with Gasteiger partial charge < -0.3 is 4.74 Å². The van der Waals surface area contributed by atoms with Crippen LogP contribution in [0.1, 0.15) is 0 Å². The summed E-state index contributed by atoms with van der Waals surface area (Å²) in [6, 6.07) is 9.73. The lowest BCUT2D eigenvalue weighted by atomic mass is 10.1. The Morgan fingerprint density at radius 3 is 2.94 bits per heavy atom. The van der Waals surface area contributed by atoms with E-state index in [4.69, 9.17) is 4.74 Å². The number of hydrogen-bond donors (Lipinski definition) is 1. The van der Waals surface area contributed by atoms with E-state index in [1.165, 1.54) is 0 Å². The van der Waals surface area contributed by atoms with E-state index >= 15 is 0 Å². The molecule has 3 rings (SSSR count). The molecule has 3 aromatic rings. The summed E-state index contributed by atoms with van der Waals surface area (Å²) in [6.45, 7) is 0. The topological polar surface area (TPSA) is 50.8 Å². The van der Waals surface area contributed by atoms with Crippen molar-refractivity contribution in [3.8, 4) is 17.0 Å². The standard InChI is InChI=1S/C13H11N3O/c1-17-10-4-5-12-11(7-10)13(16-15-12)9-3-2-6-14-8-9/h2-8H,1H3,(H,15,16). The van der Waals surface area contributed by atoms with Crippen LogP contribution in [0, 0.1) is 0 Å². The van der Waals surface area contributed by atoms with Gasteiger partial charge in [-0.05, 0) is 30.3 Å². The van der Waals surface area contributed by atoms with E-state index in [1.807, 2.05) is 30.3 Å². The molecule has 0 saturated heterocycles. The molecule has 0 aliphatic rings. The van der Waals surface area contributed by atoms with Crippen LogP contribution in [0.3, 0.4) is 0 Å². The molecule has 4 nitrogen and oxygen atoms in total. The van der Waals surface area contributed by atoms with Gasteiger partial charge in [-0.1, -0.05) is 0 Å². The van der Waals surface area contributed by atoms with E-state index in [-0.39, 0.29) is 0 Å². The second-order valence-corrected chi connectivity index (χ2v) is 3.73. The highest BCUT2D eigenvalue weighted by molar-refractivity contribution is 5.93. The van der Waals surface area contributed by atoms with Crippen molar-refractivity contribution in [1.29, 1.82) is 0 Å². The van der Waals surface area contributed by atoms with Gasteiger partial charge in [0.15, 0.2) is 0 Å². The van der Waals surface area contributed by atoms with Gasteiger partial charge in [0.2, 0.25) is 0 Å². The number of fused-ring (bicyclic) bond motifs is 1. The maximum absolute atomic E-state index is 5.23. The number of rotatable bonds is 2. The number of nitrogens with zero attached hydrogens (tertiary/aromatic N) is 2. The fourth-order valence-electron chi connectivity index (χ4n) is 1.84. The molecule has 0 saturated carbocycles. The van der Waals surface area contributed by atoms with Gasteiger partial charge in [-0.15, -0.1) is 0 Å². The molecule has 4 heteroatoms. The number of H-pyrrole nitrogens is 1. The summed E-state index contributed by atoms with van der Waals surface area (Å²) in [7, 11) is 1.66. The number of methoxy groups -OCH3 is 1. The van der Waals surface area contributed by atoms with Crippen LogP contribution in [0.5, 0.6) is 5.75 Å². The van der Waals surface area contributed by atoms with Crippen LogP contribution in [0.15, 0.2) is 42.7 Å². The van der Waals surface area contributed by atoms with Crippen molar-refractivity contribution in [2.75, 3.05) is 7.11 Å². The Kier molecular flexibility index (Phi) is 2.26. The summed E-state index contributed by atoms with van der Waals surface area (Å²) in [4.78, 5) is 4.10. The molecule has 0 atom stereocenters. The predicted octanol–water partition coefficient (Wildman–Crippen LogP) is 2.63. The zero-order valence-electron chi connectivity index (χ0n) is 9.34. The Morgan fingerprint density at radius 1 is 1.24 bits per heavy atom. The molecule has 1 aromatic carbocycles. The Bertz CT molecular complexity index is 646. The van der Waals surface area contributed by atoms with Crippen LogP contribution in [0.2, 0.25) is 0 Å². The first-order chi connectivity index (χ1) is 8.38. The smallest absolute Gasteiger partial charge is 0.119 e. The molecule has 0 radical (unpaired) electrons. The zero-order valence-corrected chi connectivity index (χ0v) is 9.34. The van der Waals surface area contributed by atoms with E-state index in [2.05, 4.69) is 15.2 Å². The first-order valence-corrected chi connectivity index (χ1v) is 5.31. The molecule has 2 heterocycles. The van der Waals surface area contributed by atoms with Crippen molar-refractivity contribution >= 4 is 10.9 Å². The molecule has 0 aliphatic heterocycles. The molecule has 0 fully saturated rings. The van der Waals surface area contributed by atoms with Gasteiger partial charge >= 0.3 is 0 Å². The summed E-state index contributed by atoms with van der Waals surface area (Å²) in [6.07, 6.45) is 3.55. The second kappa shape index (κ2) is 3.90. The summed E-state index contributed by atoms with van der Waals surface area (Å²) in [5.41, 5.74) is 2.88. The number of aromatic nitrogens is 3. The van der Waals surface area contributed by atoms with Crippen molar-refractivity contribution in [3.05, 3.63) is 42.7 Å². The number of hydrogen-bond acceptors (Lipinski definition) is 3. The molecule has 0 amide bonds. The lowest BCUT2D eigenvalue weighted by Crippen LogP contribution is -1.82. The Morgan fingerprint density at radius 2 is 2.18 bits per heavy atom. The quantitative estimate of drug-likeness (QED) is 0.729. The van der Waals surface area contributed by atoms with Crippen molar-refractivity contribution < 1.29 is 4.74 Å². The van der Waals surface area contributed by atoms with Gasteiger partial charge in [-0.3, -0.25) is 10.1 Å². The van der Waals surface area contributed by atoms with Crippen LogP contribution in [0.25, 0.3) is 22.2 Å². The van der Waals surface area contributed by atoms with E-state index < -0.39 is 0 Å². The minimum Gasteiger partial charge on any atom is -0.497 e. The summed E-state index contributed by atoms with van der Waals surface area (Å²) >= 11 is 0. The number of nitrogens with one attached hydrogen (secondary N) is 1. The lowest BCUT2D eigenvalue weighted by Gasteiger charge is -2.00. The molecule has 0 aliphatic carbocycles. The van der Waals surface area contributed by atoms with Crippen molar-refractivity contribution in [2.24, 2.45) is 0 Å². The molecule has 2 aromatic heterocycles. The molecule has 84 valence electrons. The van der Waals surface area contributed by atoms with Crippen LogP contribution in [-0.4, -0.2) is 22.3 Å². The lowest BCUT2D eigenvalue weighted by molar-refractivity contribution is 0.415. The maximum atomic E-state index is 5.23. The van der Waals surface area contributed by atoms with Gasteiger partial charge in [0, 0.05) is 23.3 Å². The van der Waals surface area contributed by atoms with Crippen LogP contribution >= 0.6 is 0 Å². The third-order valence-electron chi connectivity index (χ3n) is 2.70. The maximum Gasteiger partial charge on any atom is 0.119 e. The number of benzene rings is 1. The van der Waals surface area contributed by atoms with Crippen molar-refractivity contribution in [1.82, 2.24) is 15.2 Å². The first-order valence-electron chi connectivity index (χ1n) is 5.31. The third-order valence-corrected chi connectivity index (χ3v) is 2.70. The second-order valence-electron chi connectivity index (χ2n) is 3.73. The third kappa shape index (κ3) is 1.63. The van der Waals surface area contributed by atoms with Gasteiger partial charge in [-0.2, -0.15) is 5.10 Å². The SMILES string of the molecule is COc1ccc2[nH]nc(-c3cccnc3)c2c1. The fraction of sp³-hybridized carbons (Fsp3) is 0.0769. The summed E-state index contributed by atoms with van der Waals surface area (Å²) < 4.78 is 5.23. The molecule has 0 unspecified atom stereocenters. The molecular formula is C13H11N3O. The fourth-order valence-corrected chi connectivity index (χ4v) is 1.84.